The Morgan fingerprint density at radius 1 is 1.47 bits per heavy atom. The zero-order valence-electron chi connectivity index (χ0n) is 11.4. The van der Waals surface area contributed by atoms with Crippen molar-refractivity contribution < 1.29 is 18.3 Å². The number of aromatic amines is 1. The fourth-order valence-corrected chi connectivity index (χ4v) is 2.36. The second-order valence-corrected chi connectivity index (χ2v) is 6.85. The standard InChI is InChI=1S/C11H19N3O4S/c1-11(2,14(3)4)7-13-19(17,18)8-5-9(10(15)16)12-6-8/h5-6,12-13H,7H2,1-4H3,(H,15,16). The van der Waals surface area contributed by atoms with Gasteiger partial charge in [-0.05, 0) is 34.0 Å². The summed E-state index contributed by atoms with van der Waals surface area (Å²) >= 11 is 0. The second-order valence-electron chi connectivity index (χ2n) is 5.09. The van der Waals surface area contributed by atoms with E-state index in [0.29, 0.717) is 0 Å². The third-order valence-corrected chi connectivity index (χ3v) is 4.48. The van der Waals surface area contributed by atoms with E-state index in [4.69, 9.17) is 5.11 Å². The summed E-state index contributed by atoms with van der Waals surface area (Å²) in [6.45, 7) is 4.01. The van der Waals surface area contributed by atoms with Gasteiger partial charge in [0.1, 0.15) is 10.6 Å². The molecule has 19 heavy (non-hydrogen) atoms. The van der Waals surface area contributed by atoms with Gasteiger partial charge >= 0.3 is 5.97 Å². The van der Waals surface area contributed by atoms with Crippen molar-refractivity contribution >= 4 is 16.0 Å². The van der Waals surface area contributed by atoms with Gasteiger partial charge in [0.25, 0.3) is 0 Å². The Labute approximate surface area is 112 Å². The van der Waals surface area contributed by atoms with Gasteiger partial charge in [-0.1, -0.05) is 0 Å². The number of carboxylic acid groups (broad SMARTS) is 1. The minimum Gasteiger partial charge on any atom is -0.477 e. The SMILES string of the molecule is CN(C)C(C)(C)CNS(=O)(=O)c1c[nH]c(C(=O)O)c1. The summed E-state index contributed by atoms with van der Waals surface area (Å²) in [6.07, 6.45) is 1.16. The zero-order valence-corrected chi connectivity index (χ0v) is 12.2. The van der Waals surface area contributed by atoms with Crippen LogP contribution in [-0.4, -0.2) is 55.6 Å². The summed E-state index contributed by atoms with van der Waals surface area (Å²) in [5, 5.41) is 8.74. The topological polar surface area (TPSA) is 103 Å². The van der Waals surface area contributed by atoms with E-state index in [2.05, 4.69) is 9.71 Å². The van der Waals surface area contributed by atoms with Crippen LogP contribution in [0.15, 0.2) is 17.2 Å². The number of H-pyrrole nitrogens is 1. The average Bonchev–Trinajstić information content (AvgIpc) is 2.76. The maximum Gasteiger partial charge on any atom is 0.352 e. The van der Waals surface area contributed by atoms with E-state index in [1.807, 2.05) is 32.8 Å². The molecule has 1 heterocycles. The number of nitrogens with one attached hydrogen (secondary N) is 2. The summed E-state index contributed by atoms with van der Waals surface area (Å²) < 4.78 is 26.5. The lowest BCUT2D eigenvalue weighted by Crippen LogP contribution is -2.48. The molecule has 1 aromatic heterocycles. The van der Waals surface area contributed by atoms with E-state index in [0.717, 1.165) is 12.3 Å². The molecule has 1 rings (SSSR count). The van der Waals surface area contributed by atoms with Crippen molar-refractivity contribution in [2.45, 2.75) is 24.3 Å². The van der Waals surface area contributed by atoms with Crippen molar-refractivity contribution in [3.8, 4) is 0 Å². The maximum absolute atomic E-state index is 12.0. The Hall–Kier alpha value is -1.38. The van der Waals surface area contributed by atoms with Crippen LogP contribution in [0.2, 0.25) is 0 Å². The first-order valence-electron chi connectivity index (χ1n) is 5.65. The first-order chi connectivity index (χ1) is 8.56. The fourth-order valence-electron chi connectivity index (χ4n) is 1.17. The number of sulfonamides is 1. The van der Waals surface area contributed by atoms with E-state index in [-0.39, 0.29) is 22.7 Å². The number of carboxylic acids is 1. The van der Waals surface area contributed by atoms with Crippen molar-refractivity contribution in [1.29, 1.82) is 0 Å². The molecule has 0 fully saturated rings. The van der Waals surface area contributed by atoms with Crippen LogP contribution in [0.4, 0.5) is 0 Å². The summed E-state index contributed by atoms with van der Waals surface area (Å²) in [5.74, 6) is -1.20. The lowest BCUT2D eigenvalue weighted by molar-refractivity contribution is 0.0691. The van der Waals surface area contributed by atoms with Crippen LogP contribution in [-0.2, 0) is 10.0 Å². The number of aromatic nitrogens is 1. The Bertz CT molecular complexity index is 560. The first-order valence-corrected chi connectivity index (χ1v) is 7.13. The lowest BCUT2D eigenvalue weighted by atomic mass is 10.1. The van der Waals surface area contributed by atoms with Gasteiger partial charge in [-0.25, -0.2) is 17.9 Å². The molecule has 1 aromatic rings. The van der Waals surface area contributed by atoms with E-state index in [1.54, 1.807) is 0 Å². The highest BCUT2D eigenvalue weighted by molar-refractivity contribution is 7.89. The maximum atomic E-state index is 12.0. The van der Waals surface area contributed by atoms with Crippen molar-refractivity contribution in [1.82, 2.24) is 14.6 Å². The van der Waals surface area contributed by atoms with Crippen LogP contribution in [0.1, 0.15) is 24.3 Å². The third-order valence-electron chi connectivity index (χ3n) is 3.10. The summed E-state index contributed by atoms with van der Waals surface area (Å²) in [5.41, 5.74) is -0.508. The van der Waals surface area contributed by atoms with Crippen LogP contribution in [0.3, 0.4) is 0 Å². The molecule has 0 radical (unpaired) electrons. The van der Waals surface area contributed by atoms with E-state index in [1.165, 1.54) is 0 Å². The molecule has 0 aliphatic heterocycles. The molecule has 0 aliphatic rings. The molecule has 0 amide bonds. The molecule has 0 atom stereocenters. The molecular weight excluding hydrogens is 270 g/mol. The van der Waals surface area contributed by atoms with Crippen molar-refractivity contribution in [3.05, 3.63) is 18.0 Å². The Balaban J connectivity index is 2.84. The number of carbonyl (C=O) groups is 1. The predicted molar refractivity (Wildman–Crippen MR) is 70.7 cm³/mol. The third kappa shape index (κ3) is 3.79. The van der Waals surface area contributed by atoms with E-state index < -0.39 is 16.0 Å². The number of rotatable bonds is 6. The fraction of sp³-hybridized carbons (Fsp3) is 0.545. The normalized spacial score (nSPS) is 12.9. The smallest absolute Gasteiger partial charge is 0.352 e. The van der Waals surface area contributed by atoms with Gasteiger partial charge in [0, 0.05) is 18.3 Å². The average molecular weight is 289 g/mol. The quantitative estimate of drug-likeness (QED) is 0.700. The molecular formula is C11H19N3O4S. The minimum absolute atomic E-state index is 0.0838. The van der Waals surface area contributed by atoms with Crippen LogP contribution < -0.4 is 4.72 Å². The largest absolute Gasteiger partial charge is 0.477 e. The van der Waals surface area contributed by atoms with Gasteiger partial charge in [-0.3, -0.25) is 0 Å². The molecule has 7 nitrogen and oxygen atoms in total. The highest BCUT2D eigenvalue weighted by Crippen LogP contribution is 2.13. The molecule has 8 heteroatoms. The predicted octanol–water partition coefficient (Wildman–Crippen LogP) is 0.331. The van der Waals surface area contributed by atoms with E-state index >= 15 is 0 Å². The second kappa shape index (κ2) is 5.32. The molecule has 3 N–H and O–H groups in total. The van der Waals surface area contributed by atoms with Gasteiger partial charge in [0.15, 0.2) is 0 Å². The van der Waals surface area contributed by atoms with Crippen LogP contribution in [0.25, 0.3) is 0 Å². The number of hydrogen-bond donors (Lipinski definition) is 3. The van der Waals surface area contributed by atoms with Crippen molar-refractivity contribution in [3.63, 3.8) is 0 Å². The number of likely N-dealkylation sites (N-methyl/N-ethyl adjacent to an activating group) is 1. The molecule has 0 unspecified atom stereocenters. The summed E-state index contributed by atoms with van der Waals surface area (Å²) in [6, 6.07) is 1.09. The van der Waals surface area contributed by atoms with Crippen molar-refractivity contribution in [2.24, 2.45) is 0 Å². The molecule has 0 spiro atoms. The zero-order chi connectivity index (χ0) is 14.8. The van der Waals surface area contributed by atoms with Gasteiger partial charge in [-0.2, -0.15) is 0 Å². The molecule has 0 bridgehead atoms. The van der Waals surface area contributed by atoms with Crippen LogP contribution in [0.5, 0.6) is 0 Å². The van der Waals surface area contributed by atoms with Gasteiger partial charge < -0.3 is 15.0 Å². The molecule has 108 valence electrons. The minimum atomic E-state index is -3.71. The van der Waals surface area contributed by atoms with Gasteiger partial charge in [-0.15, -0.1) is 0 Å². The van der Waals surface area contributed by atoms with Crippen LogP contribution >= 0.6 is 0 Å². The highest BCUT2D eigenvalue weighted by Gasteiger charge is 2.25. The molecule has 0 aliphatic carbocycles. The number of aromatic carboxylic acids is 1. The molecule has 0 saturated carbocycles. The Kier molecular flexibility index (Phi) is 4.39. The van der Waals surface area contributed by atoms with E-state index in [9.17, 15) is 13.2 Å². The summed E-state index contributed by atoms with van der Waals surface area (Å²) in [4.78, 5) is 14.9. The first kappa shape index (κ1) is 15.7. The summed E-state index contributed by atoms with van der Waals surface area (Å²) in [7, 11) is -0.00234. The Morgan fingerprint density at radius 3 is 2.47 bits per heavy atom. The number of hydrogen-bond acceptors (Lipinski definition) is 4. The van der Waals surface area contributed by atoms with Gasteiger partial charge in [0.2, 0.25) is 10.0 Å². The van der Waals surface area contributed by atoms with Crippen LogP contribution in [0, 0.1) is 0 Å². The van der Waals surface area contributed by atoms with Crippen molar-refractivity contribution in [2.75, 3.05) is 20.6 Å². The molecule has 0 saturated heterocycles. The monoisotopic (exact) mass is 289 g/mol. The highest BCUT2D eigenvalue weighted by atomic mass is 32.2. The number of nitrogens with zero attached hydrogens (tertiary/aromatic N) is 1. The lowest BCUT2D eigenvalue weighted by Gasteiger charge is -2.32. The van der Waals surface area contributed by atoms with Gasteiger partial charge in [0.05, 0.1) is 0 Å². The Morgan fingerprint density at radius 2 is 2.05 bits per heavy atom. The molecule has 0 aromatic carbocycles.